The Balaban J connectivity index is 1.86. The number of sulfonamides is 1. The Labute approximate surface area is 135 Å². The van der Waals surface area contributed by atoms with Crippen LogP contribution in [0.2, 0.25) is 0 Å². The van der Waals surface area contributed by atoms with Gasteiger partial charge in [-0.15, -0.1) is 11.3 Å². The van der Waals surface area contributed by atoms with E-state index in [9.17, 15) is 13.2 Å². The fraction of sp³-hybridized carbons (Fsp3) is 0.533. The Morgan fingerprint density at radius 2 is 2.14 bits per heavy atom. The van der Waals surface area contributed by atoms with Crippen LogP contribution in [0.4, 0.5) is 0 Å². The van der Waals surface area contributed by atoms with E-state index in [2.05, 4.69) is 16.1 Å². The minimum absolute atomic E-state index is 0.128. The highest BCUT2D eigenvalue weighted by Crippen LogP contribution is 2.22. The van der Waals surface area contributed by atoms with Crippen LogP contribution in [-0.2, 0) is 21.4 Å². The third kappa shape index (κ3) is 5.23. The number of allylic oxidation sites excluding steroid dienone is 1. The molecule has 5 nitrogen and oxygen atoms in total. The average Bonchev–Trinajstić information content (AvgIpc) is 2.96. The summed E-state index contributed by atoms with van der Waals surface area (Å²) in [6.07, 6.45) is 7.65. The quantitative estimate of drug-likeness (QED) is 0.748. The summed E-state index contributed by atoms with van der Waals surface area (Å²) in [5.74, 6) is -0.128. The Bertz CT molecular complexity index is 647. The van der Waals surface area contributed by atoms with Crippen LogP contribution < -0.4 is 10.0 Å². The molecule has 2 rings (SSSR count). The molecule has 1 amide bonds. The van der Waals surface area contributed by atoms with Gasteiger partial charge in [0, 0.05) is 18.3 Å². The molecule has 7 heteroatoms. The second kappa shape index (κ2) is 7.89. The summed E-state index contributed by atoms with van der Waals surface area (Å²) >= 11 is 1.19. The van der Waals surface area contributed by atoms with Crippen molar-refractivity contribution in [1.82, 2.24) is 10.0 Å². The van der Waals surface area contributed by atoms with Crippen LogP contribution in [0.25, 0.3) is 0 Å². The Hall–Kier alpha value is -1.18. The Kier molecular flexibility index (Phi) is 6.16. The van der Waals surface area contributed by atoms with Crippen LogP contribution in [0, 0.1) is 0 Å². The molecule has 0 radical (unpaired) electrons. The summed E-state index contributed by atoms with van der Waals surface area (Å²) in [5, 5.41) is 2.66. The summed E-state index contributed by atoms with van der Waals surface area (Å²) in [4.78, 5) is 11.7. The van der Waals surface area contributed by atoms with E-state index in [-0.39, 0.29) is 5.91 Å². The van der Waals surface area contributed by atoms with Gasteiger partial charge in [-0.3, -0.25) is 4.79 Å². The summed E-state index contributed by atoms with van der Waals surface area (Å²) < 4.78 is 27.4. The Morgan fingerprint density at radius 3 is 2.82 bits per heavy atom. The second-order valence-corrected chi connectivity index (χ2v) is 8.55. The van der Waals surface area contributed by atoms with Gasteiger partial charge in [-0.1, -0.05) is 11.6 Å². The first-order chi connectivity index (χ1) is 10.5. The van der Waals surface area contributed by atoms with Gasteiger partial charge in [0.15, 0.2) is 0 Å². The van der Waals surface area contributed by atoms with Gasteiger partial charge in [-0.2, -0.15) is 0 Å². The molecular formula is C15H22N2O3S2. The summed E-state index contributed by atoms with van der Waals surface area (Å²) in [6.45, 7) is 2.24. The van der Waals surface area contributed by atoms with E-state index in [1.165, 1.54) is 36.7 Å². The van der Waals surface area contributed by atoms with Gasteiger partial charge < -0.3 is 5.32 Å². The normalized spacial score (nSPS) is 15.4. The maximum Gasteiger partial charge on any atom is 0.250 e. The number of carbonyl (C=O) groups is 1. The van der Waals surface area contributed by atoms with E-state index in [1.54, 1.807) is 12.1 Å². The molecule has 0 saturated heterocycles. The lowest BCUT2D eigenvalue weighted by molar-refractivity contribution is -0.119. The zero-order valence-corrected chi connectivity index (χ0v) is 14.4. The number of thiophene rings is 1. The number of carbonyl (C=O) groups excluding carboxylic acids is 1. The first kappa shape index (κ1) is 17.2. The van der Waals surface area contributed by atoms with Crippen molar-refractivity contribution in [3.8, 4) is 0 Å². The lowest BCUT2D eigenvalue weighted by Crippen LogP contribution is -2.24. The molecule has 1 aliphatic carbocycles. The lowest BCUT2D eigenvalue weighted by Gasteiger charge is -2.12. The third-order valence-electron chi connectivity index (χ3n) is 3.54. The summed E-state index contributed by atoms with van der Waals surface area (Å²) in [5.41, 5.74) is 1.35. The van der Waals surface area contributed by atoms with Gasteiger partial charge in [0.2, 0.25) is 15.9 Å². The van der Waals surface area contributed by atoms with E-state index in [0.29, 0.717) is 17.3 Å². The fourth-order valence-electron chi connectivity index (χ4n) is 2.36. The van der Waals surface area contributed by atoms with Gasteiger partial charge in [-0.05, 0) is 44.2 Å². The SMILES string of the molecule is CC(=O)NCc1ccc(S(=O)(=O)NCCC2=CCCCC2)s1. The minimum atomic E-state index is -3.45. The Morgan fingerprint density at radius 1 is 1.32 bits per heavy atom. The number of rotatable bonds is 7. The predicted molar refractivity (Wildman–Crippen MR) is 88.2 cm³/mol. The molecule has 0 saturated carbocycles. The standard InChI is InChI=1S/C15H22N2O3S2/c1-12(18)16-11-14-7-8-15(21-14)22(19,20)17-10-9-13-5-3-2-4-6-13/h5,7-8,17H,2-4,6,9-11H2,1H3,(H,16,18). The monoisotopic (exact) mass is 342 g/mol. The molecule has 0 aromatic carbocycles. The molecule has 122 valence electrons. The van der Waals surface area contributed by atoms with Gasteiger partial charge in [0.05, 0.1) is 6.54 Å². The summed E-state index contributed by atoms with van der Waals surface area (Å²) in [6, 6.07) is 3.32. The van der Waals surface area contributed by atoms with Crippen LogP contribution in [0.3, 0.4) is 0 Å². The van der Waals surface area contributed by atoms with E-state index in [4.69, 9.17) is 0 Å². The van der Waals surface area contributed by atoms with Crippen molar-refractivity contribution in [2.75, 3.05) is 6.54 Å². The van der Waals surface area contributed by atoms with Crippen molar-refractivity contribution in [2.45, 2.75) is 49.8 Å². The van der Waals surface area contributed by atoms with Crippen molar-refractivity contribution >= 4 is 27.3 Å². The molecule has 0 atom stereocenters. The smallest absolute Gasteiger partial charge is 0.250 e. The molecule has 22 heavy (non-hydrogen) atoms. The molecule has 1 aromatic rings. The molecule has 1 aromatic heterocycles. The molecule has 0 fully saturated rings. The number of amides is 1. The lowest BCUT2D eigenvalue weighted by atomic mass is 9.97. The van der Waals surface area contributed by atoms with Crippen LogP contribution in [0.15, 0.2) is 28.0 Å². The van der Waals surface area contributed by atoms with E-state index >= 15 is 0 Å². The van der Waals surface area contributed by atoms with E-state index < -0.39 is 10.0 Å². The van der Waals surface area contributed by atoms with Crippen molar-refractivity contribution < 1.29 is 13.2 Å². The van der Waals surface area contributed by atoms with Crippen LogP contribution in [-0.4, -0.2) is 20.9 Å². The average molecular weight is 342 g/mol. The maximum atomic E-state index is 12.2. The van der Waals surface area contributed by atoms with Gasteiger partial charge in [0.1, 0.15) is 4.21 Å². The highest BCUT2D eigenvalue weighted by Gasteiger charge is 2.16. The zero-order chi connectivity index (χ0) is 16.0. The first-order valence-corrected chi connectivity index (χ1v) is 9.78. The zero-order valence-electron chi connectivity index (χ0n) is 12.7. The van der Waals surface area contributed by atoms with Crippen molar-refractivity contribution in [3.05, 3.63) is 28.7 Å². The molecule has 0 aliphatic heterocycles. The van der Waals surface area contributed by atoms with Crippen molar-refractivity contribution in [1.29, 1.82) is 0 Å². The van der Waals surface area contributed by atoms with Gasteiger partial charge >= 0.3 is 0 Å². The van der Waals surface area contributed by atoms with Crippen molar-refractivity contribution in [3.63, 3.8) is 0 Å². The number of nitrogens with one attached hydrogen (secondary N) is 2. The fourth-order valence-corrected chi connectivity index (χ4v) is 4.73. The van der Waals surface area contributed by atoms with Gasteiger partial charge in [-0.25, -0.2) is 13.1 Å². The molecule has 0 spiro atoms. The first-order valence-electron chi connectivity index (χ1n) is 7.48. The molecule has 1 heterocycles. The second-order valence-electron chi connectivity index (χ2n) is 5.39. The highest BCUT2D eigenvalue weighted by atomic mass is 32.2. The molecule has 0 bridgehead atoms. The largest absolute Gasteiger partial charge is 0.351 e. The number of hydrogen-bond acceptors (Lipinski definition) is 4. The minimum Gasteiger partial charge on any atom is -0.351 e. The highest BCUT2D eigenvalue weighted by molar-refractivity contribution is 7.91. The molecule has 0 unspecified atom stereocenters. The van der Waals surface area contributed by atoms with Gasteiger partial charge in [0.25, 0.3) is 0 Å². The van der Waals surface area contributed by atoms with Crippen LogP contribution >= 0.6 is 11.3 Å². The molecule has 1 aliphatic rings. The summed E-state index contributed by atoms with van der Waals surface area (Å²) in [7, 11) is -3.45. The van der Waals surface area contributed by atoms with Crippen LogP contribution in [0.5, 0.6) is 0 Å². The molecular weight excluding hydrogens is 320 g/mol. The predicted octanol–water partition coefficient (Wildman–Crippen LogP) is 2.55. The van der Waals surface area contributed by atoms with Crippen LogP contribution in [0.1, 0.15) is 43.9 Å². The van der Waals surface area contributed by atoms with Crippen molar-refractivity contribution in [2.24, 2.45) is 0 Å². The third-order valence-corrected chi connectivity index (χ3v) is 6.57. The molecule has 2 N–H and O–H groups in total. The van der Waals surface area contributed by atoms with E-state index in [0.717, 1.165) is 24.1 Å². The van der Waals surface area contributed by atoms with E-state index in [1.807, 2.05) is 0 Å². The maximum absolute atomic E-state index is 12.2. The topological polar surface area (TPSA) is 75.3 Å². The number of hydrogen-bond donors (Lipinski definition) is 2.